The number of likely N-dealkylation sites (tertiary alicyclic amines) is 1. The fourth-order valence-corrected chi connectivity index (χ4v) is 5.60. The van der Waals surface area contributed by atoms with Crippen LogP contribution in [0.15, 0.2) is 72.8 Å². The van der Waals surface area contributed by atoms with Crippen molar-refractivity contribution >= 4 is 29.3 Å². The van der Waals surface area contributed by atoms with Crippen LogP contribution in [0.1, 0.15) is 39.1 Å². The summed E-state index contributed by atoms with van der Waals surface area (Å²) in [5.74, 6) is 0.609. The van der Waals surface area contributed by atoms with E-state index >= 15 is 0 Å². The van der Waals surface area contributed by atoms with E-state index in [4.69, 9.17) is 25.8 Å². The van der Waals surface area contributed by atoms with Gasteiger partial charge in [-0.2, -0.15) is 0 Å². The third-order valence-electron chi connectivity index (χ3n) is 7.63. The third kappa shape index (κ3) is 4.98. The van der Waals surface area contributed by atoms with Gasteiger partial charge in [-0.1, -0.05) is 35.9 Å². The lowest BCUT2D eigenvalue weighted by molar-refractivity contribution is -0.128. The Morgan fingerprint density at radius 1 is 0.875 bits per heavy atom. The molecular formula is C30H28ClN3O6. The Morgan fingerprint density at radius 3 is 2.33 bits per heavy atom. The van der Waals surface area contributed by atoms with E-state index in [1.54, 1.807) is 58.3 Å². The second kappa shape index (κ2) is 10.8. The van der Waals surface area contributed by atoms with Crippen molar-refractivity contribution in [1.82, 2.24) is 15.1 Å². The summed E-state index contributed by atoms with van der Waals surface area (Å²) in [5, 5.41) is 3.52. The van der Waals surface area contributed by atoms with Gasteiger partial charge in [-0.15, -0.1) is 0 Å². The number of hydrogen-bond acceptors (Lipinski definition) is 6. The van der Waals surface area contributed by atoms with Crippen molar-refractivity contribution in [3.8, 4) is 11.5 Å². The van der Waals surface area contributed by atoms with E-state index in [0.717, 1.165) is 5.56 Å². The van der Waals surface area contributed by atoms with E-state index in [-0.39, 0.29) is 37.7 Å². The number of benzene rings is 3. The lowest BCUT2D eigenvalue weighted by Gasteiger charge is -2.44. The van der Waals surface area contributed by atoms with Gasteiger partial charge in [-0.05, 0) is 54.1 Å². The first-order valence-corrected chi connectivity index (χ1v) is 13.6. The summed E-state index contributed by atoms with van der Waals surface area (Å²) >= 11 is 5.98. The molecule has 9 nitrogen and oxygen atoms in total. The van der Waals surface area contributed by atoms with Gasteiger partial charge in [-0.3, -0.25) is 19.3 Å². The SMILES string of the molecule is O=C(NCc1ccc2c(c1)OCO2)C1COC2(CCN(C(=O)c3ccc(Cl)cc3)CC2)N1C(=O)c1ccccc1. The van der Waals surface area contributed by atoms with Crippen molar-refractivity contribution in [1.29, 1.82) is 0 Å². The van der Waals surface area contributed by atoms with E-state index in [2.05, 4.69) is 5.32 Å². The van der Waals surface area contributed by atoms with E-state index in [0.29, 0.717) is 53.6 Å². The van der Waals surface area contributed by atoms with Crippen LogP contribution in [0.5, 0.6) is 11.5 Å². The smallest absolute Gasteiger partial charge is 0.256 e. The van der Waals surface area contributed by atoms with E-state index in [1.807, 2.05) is 24.3 Å². The number of halogens is 1. The minimum Gasteiger partial charge on any atom is -0.454 e. The molecular weight excluding hydrogens is 534 g/mol. The molecule has 3 aromatic carbocycles. The Labute approximate surface area is 236 Å². The molecule has 0 saturated carbocycles. The van der Waals surface area contributed by atoms with Crippen LogP contribution in [0.25, 0.3) is 0 Å². The van der Waals surface area contributed by atoms with Gasteiger partial charge >= 0.3 is 0 Å². The van der Waals surface area contributed by atoms with Gasteiger partial charge in [0.15, 0.2) is 11.5 Å². The quantitative estimate of drug-likeness (QED) is 0.508. The first-order chi connectivity index (χ1) is 19.4. The molecule has 0 bridgehead atoms. The normalized spacial score (nSPS) is 19.1. The zero-order valence-corrected chi connectivity index (χ0v) is 22.4. The number of ether oxygens (including phenoxy) is 3. The Morgan fingerprint density at radius 2 is 1.57 bits per heavy atom. The number of carbonyl (C=O) groups is 3. The number of piperidine rings is 1. The summed E-state index contributed by atoms with van der Waals surface area (Å²) in [7, 11) is 0. The van der Waals surface area contributed by atoms with Crippen LogP contribution in [0, 0.1) is 0 Å². The Hall–Kier alpha value is -4.08. The highest BCUT2D eigenvalue weighted by Gasteiger charge is 2.54. The number of amides is 3. The molecule has 6 rings (SSSR count). The molecule has 3 heterocycles. The van der Waals surface area contributed by atoms with Crippen LogP contribution in [0.3, 0.4) is 0 Å². The summed E-state index contributed by atoms with van der Waals surface area (Å²) in [4.78, 5) is 43.8. The van der Waals surface area contributed by atoms with Crippen LogP contribution in [0.4, 0.5) is 0 Å². The maximum atomic E-state index is 13.8. The average Bonchev–Trinajstić information content (AvgIpc) is 3.61. The van der Waals surface area contributed by atoms with Crippen LogP contribution >= 0.6 is 11.6 Å². The molecule has 2 saturated heterocycles. The summed E-state index contributed by atoms with van der Waals surface area (Å²) < 4.78 is 17.1. The number of rotatable bonds is 5. The van der Waals surface area contributed by atoms with E-state index in [9.17, 15) is 14.4 Å². The van der Waals surface area contributed by atoms with Gasteiger partial charge in [0, 0.05) is 48.6 Å². The average molecular weight is 562 g/mol. The van der Waals surface area contributed by atoms with E-state index in [1.165, 1.54) is 0 Å². The molecule has 0 aromatic heterocycles. The summed E-state index contributed by atoms with van der Waals surface area (Å²) in [5.41, 5.74) is 0.872. The highest BCUT2D eigenvalue weighted by molar-refractivity contribution is 6.30. The lowest BCUT2D eigenvalue weighted by atomic mass is 9.96. The van der Waals surface area contributed by atoms with Crippen molar-refractivity contribution in [2.75, 3.05) is 26.5 Å². The molecule has 2 fully saturated rings. The molecule has 40 heavy (non-hydrogen) atoms. The Bertz CT molecular complexity index is 1420. The standard InChI is InChI=1S/C30H28ClN3O6/c31-23-9-7-22(8-10-23)28(36)33-14-12-30(13-15-33)34(29(37)21-4-2-1-3-5-21)24(18-40-30)27(35)32-17-20-6-11-25-26(16-20)39-19-38-25/h1-11,16,24H,12-15,17-19H2,(H,32,35). The minimum atomic E-state index is -0.996. The largest absolute Gasteiger partial charge is 0.454 e. The van der Waals surface area contributed by atoms with Crippen LogP contribution in [0.2, 0.25) is 5.02 Å². The maximum Gasteiger partial charge on any atom is 0.256 e. The second-order valence-corrected chi connectivity index (χ2v) is 10.5. The predicted octanol–water partition coefficient (Wildman–Crippen LogP) is 3.86. The van der Waals surface area contributed by atoms with Gasteiger partial charge in [0.1, 0.15) is 11.8 Å². The highest BCUT2D eigenvalue weighted by atomic mass is 35.5. The number of carbonyl (C=O) groups excluding carboxylic acids is 3. The number of hydrogen-bond donors (Lipinski definition) is 1. The maximum absolute atomic E-state index is 13.8. The van der Waals surface area contributed by atoms with Gasteiger partial charge in [-0.25, -0.2) is 0 Å². The van der Waals surface area contributed by atoms with E-state index < -0.39 is 11.8 Å². The zero-order chi connectivity index (χ0) is 27.7. The molecule has 1 unspecified atom stereocenters. The fraction of sp³-hybridized carbons (Fsp3) is 0.300. The first kappa shape index (κ1) is 26.2. The molecule has 1 atom stereocenters. The van der Waals surface area contributed by atoms with Crippen molar-refractivity contribution < 1.29 is 28.6 Å². The zero-order valence-electron chi connectivity index (χ0n) is 21.7. The second-order valence-electron chi connectivity index (χ2n) is 10.0. The lowest BCUT2D eigenvalue weighted by Crippen LogP contribution is -2.59. The van der Waals surface area contributed by atoms with Crippen LogP contribution in [-0.2, 0) is 16.1 Å². The van der Waals surface area contributed by atoms with Gasteiger partial charge in [0.2, 0.25) is 12.7 Å². The van der Waals surface area contributed by atoms with Crippen LogP contribution in [-0.4, -0.2) is 65.8 Å². The highest BCUT2D eigenvalue weighted by Crippen LogP contribution is 2.39. The molecule has 3 amide bonds. The molecule has 0 radical (unpaired) electrons. The van der Waals surface area contributed by atoms with Crippen LogP contribution < -0.4 is 14.8 Å². The van der Waals surface area contributed by atoms with Gasteiger partial charge < -0.3 is 24.4 Å². The topological polar surface area (TPSA) is 97.4 Å². The molecule has 10 heteroatoms. The van der Waals surface area contributed by atoms with Crippen molar-refractivity contribution in [2.24, 2.45) is 0 Å². The monoisotopic (exact) mass is 561 g/mol. The number of nitrogens with zero attached hydrogens (tertiary/aromatic N) is 2. The molecule has 3 aromatic rings. The minimum absolute atomic E-state index is 0.0661. The molecule has 206 valence electrons. The molecule has 3 aliphatic rings. The van der Waals surface area contributed by atoms with Gasteiger partial charge in [0.05, 0.1) is 6.61 Å². The van der Waals surface area contributed by atoms with Crippen molar-refractivity contribution in [3.63, 3.8) is 0 Å². The third-order valence-corrected chi connectivity index (χ3v) is 7.88. The first-order valence-electron chi connectivity index (χ1n) is 13.2. The summed E-state index contributed by atoms with van der Waals surface area (Å²) in [6.07, 6.45) is 0.772. The molecule has 1 spiro atoms. The fourth-order valence-electron chi connectivity index (χ4n) is 5.48. The number of fused-ring (bicyclic) bond motifs is 1. The van der Waals surface area contributed by atoms with Crippen molar-refractivity contribution in [2.45, 2.75) is 31.2 Å². The predicted molar refractivity (Wildman–Crippen MR) is 146 cm³/mol. The summed E-state index contributed by atoms with van der Waals surface area (Å²) in [6, 6.07) is 20.3. The van der Waals surface area contributed by atoms with Gasteiger partial charge in [0.25, 0.3) is 11.8 Å². The molecule has 0 aliphatic carbocycles. The summed E-state index contributed by atoms with van der Waals surface area (Å²) in [6.45, 7) is 1.26. The Kier molecular flexibility index (Phi) is 7.08. The van der Waals surface area contributed by atoms with Crippen molar-refractivity contribution in [3.05, 3.63) is 94.5 Å². The number of nitrogens with one attached hydrogen (secondary N) is 1. The Balaban J connectivity index is 1.19. The molecule has 3 aliphatic heterocycles. The molecule has 1 N–H and O–H groups in total.